The van der Waals surface area contributed by atoms with E-state index in [2.05, 4.69) is 0 Å². The maximum atomic E-state index is 10.9. The summed E-state index contributed by atoms with van der Waals surface area (Å²) in [6, 6.07) is 7.16. The predicted molar refractivity (Wildman–Crippen MR) is 51.3 cm³/mol. The quantitative estimate of drug-likeness (QED) is 0.603. The molecule has 0 N–H and O–H groups in total. The summed E-state index contributed by atoms with van der Waals surface area (Å²) in [4.78, 5) is 10.9. The van der Waals surface area contributed by atoms with Gasteiger partial charge in [0.25, 0.3) is 0 Å². The Bertz CT molecular complexity index is 271. The number of hydrogen-bond acceptors (Lipinski definition) is 2. The highest BCUT2D eigenvalue weighted by atomic mass is 127. The van der Waals surface area contributed by atoms with E-state index in [1.807, 2.05) is 12.1 Å². The molecule has 0 heterocycles. The van der Waals surface area contributed by atoms with Crippen LogP contribution >= 0.6 is 22.6 Å². The molecule has 0 spiro atoms. The Morgan fingerprint density at radius 3 is 2.55 bits per heavy atom. The van der Waals surface area contributed by atoms with Gasteiger partial charge in [-0.25, -0.2) is 0 Å². The average Bonchev–Trinajstić information content (AvgIpc) is 2.04. The number of hydrogen-bond donors (Lipinski definition) is 0. The highest BCUT2D eigenvalue weighted by Crippen LogP contribution is 2.19. The summed E-state index contributed by atoms with van der Waals surface area (Å²) in [5.74, 6) is 0.631. The first kappa shape index (κ1) is 8.52. The number of benzene rings is 1. The minimum absolute atomic E-state index is 0.0000463. The van der Waals surface area contributed by atoms with E-state index in [0.29, 0.717) is 11.3 Å². The third-order valence-electron chi connectivity index (χ3n) is 1.32. The summed E-state index contributed by atoms with van der Waals surface area (Å²) in [5.41, 5.74) is 0.621. The van der Waals surface area contributed by atoms with Gasteiger partial charge in [0.05, 0.1) is 12.7 Å². The fourth-order valence-electron chi connectivity index (χ4n) is 0.807. The molecular weight excluding hydrogens is 255 g/mol. The highest BCUT2D eigenvalue weighted by Gasteiger charge is 2.06. The summed E-state index contributed by atoms with van der Waals surface area (Å²) >= 11 is 1.74. The van der Waals surface area contributed by atoms with Crippen molar-refractivity contribution in [1.82, 2.24) is 0 Å². The minimum atomic E-state index is 0.0000463. The van der Waals surface area contributed by atoms with Crippen LogP contribution in [0.15, 0.2) is 24.3 Å². The van der Waals surface area contributed by atoms with Gasteiger partial charge in [-0.2, -0.15) is 0 Å². The molecular formula is C8H7IO2. The Morgan fingerprint density at radius 2 is 2.09 bits per heavy atom. The summed E-state index contributed by atoms with van der Waals surface area (Å²) in [6.45, 7) is 0. The second kappa shape index (κ2) is 3.71. The lowest BCUT2D eigenvalue weighted by atomic mass is 10.2. The number of rotatable bonds is 2. The Hall–Kier alpha value is -0.580. The topological polar surface area (TPSA) is 26.3 Å². The third kappa shape index (κ3) is 1.92. The molecule has 0 fully saturated rings. The van der Waals surface area contributed by atoms with Gasteiger partial charge in [-0.05, 0) is 12.1 Å². The van der Waals surface area contributed by atoms with Crippen molar-refractivity contribution in [3.8, 4) is 5.75 Å². The monoisotopic (exact) mass is 262 g/mol. The zero-order valence-corrected chi connectivity index (χ0v) is 8.16. The molecule has 11 heavy (non-hydrogen) atoms. The van der Waals surface area contributed by atoms with Crippen molar-refractivity contribution in [2.75, 3.05) is 7.11 Å². The molecule has 1 aromatic rings. The molecule has 0 saturated carbocycles. The Morgan fingerprint density at radius 1 is 1.45 bits per heavy atom. The van der Waals surface area contributed by atoms with Crippen molar-refractivity contribution in [1.29, 1.82) is 0 Å². The molecule has 0 atom stereocenters. The number of ether oxygens (including phenoxy) is 1. The van der Waals surface area contributed by atoms with E-state index in [0.717, 1.165) is 0 Å². The van der Waals surface area contributed by atoms with Crippen LogP contribution in [0.25, 0.3) is 0 Å². The van der Waals surface area contributed by atoms with Gasteiger partial charge in [0.2, 0.25) is 3.79 Å². The van der Waals surface area contributed by atoms with Crippen molar-refractivity contribution in [3.05, 3.63) is 29.8 Å². The molecule has 1 aromatic carbocycles. The van der Waals surface area contributed by atoms with E-state index < -0.39 is 0 Å². The standard InChI is InChI=1S/C8H7IO2/c1-11-7-5-3-2-4-6(7)8(9)10/h2-5H,1H3. The number of carbonyl (C=O) groups is 1. The summed E-state index contributed by atoms with van der Waals surface area (Å²) in [5, 5.41) is 0. The van der Waals surface area contributed by atoms with Gasteiger partial charge in [-0.1, -0.05) is 12.1 Å². The number of para-hydroxylation sites is 1. The van der Waals surface area contributed by atoms with E-state index in [-0.39, 0.29) is 3.79 Å². The van der Waals surface area contributed by atoms with Crippen LogP contribution < -0.4 is 4.74 Å². The molecule has 0 aromatic heterocycles. The van der Waals surface area contributed by atoms with Crippen molar-refractivity contribution in [2.45, 2.75) is 0 Å². The number of methoxy groups -OCH3 is 1. The Labute approximate surface area is 78.7 Å². The highest BCUT2D eigenvalue weighted by molar-refractivity contribution is 14.1. The first-order chi connectivity index (χ1) is 5.25. The lowest BCUT2D eigenvalue weighted by Gasteiger charge is -2.02. The van der Waals surface area contributed by atoms with E-state index in [9.17, 15) is 4.79 Å². The molecule has 1 rings (SSSR count). The maximum Gasteiger partial charge on any atom is 0.226 e. The molecule has 0 aliphatic carbocycles. The zero-order valence-electron chi connectivity index (χ0n) is 6.00. The van der Waals surface area contributed by atoms with Crippen LogP contribution in [0.2, 0.25) is 0 Å². The Balaban J connectivity index is 3.12. The van der Waals surface area contributed by atoms with E-state index >= 15 is 0 Å². The van der Waals surface area contributed by atoms with Crippen molar-refractivity contribution in [3.63, 3.8) is 0 Å². The van der Waals surface area contributed by atoms with Gasteiger partial charge < -0.3 is 4.74 Å². The summed E-state index contributed by atoms with van der Waals surface area (Å²) < 4.78 is 4.98. The molecule has 0 aliphatic heterocycles. The van der Waals surface area contributed by atoms with Crippen molar-refractivity contribution >= 4 is 26.4 Å². The van der Waals surface area contributed by atoms with Crippen LogP contribution in [0, 0.1) is 0 Å². The van der Waals surface area contributed by atoms with Gasteiger partial charge in [-0.3, -0.25) is 4.79 Å². The van der Waals surface area contributed by atoms with Crippen LogP contribution in [0.3, 0.4) is 0 Å². The lowest BCUT2D eigenvalue weighted by molar-refractivity contribution is 0.110. The normalized spacial score (nSPS) is 9.27. The molecule has 0 unspecified atom stereocenters. The van der Waals surface area contributed by atoms with E-state index in [4.69, 9.17) is 4.74 Å². The second-order valence-corrected chi connectivity index (χ2v) is 2.95. The first-order valence-corrected chi connectivity index (χ1v) is 4.16. The van der Waals surface area contributed by atoms with E-state index in [1.165, 1.54) is 0 Å². The molecule has 58 valence electrons. The van der Waals surface area contributed by atoms with Crippen molar-refractivity contribution in [2.24, 2.45) is 0 Å². The van der Waals surface area contributed by atoms with Gasteiger partial charge in [0.15, 0.2) is 0 Å². The lowest BCUT2D eigenvalue weighted by Crippen LogP contribution is -1.93. The minimum Gasteiger partial charge on any atom is -0.496 e. The fraction of sp³-hybridized carbons (Fsp3) is 0.125. The van der Waals surface area contributed by atoms with Gasteiger partial charge in [0, 0.05) is 22.6 Å². The number of carbonyl (C=O) groups excluding carboxylic acids is 1. The smallest absolute Gasteiger partial charge is 0.226 e. The average molecular weight is 262 g/mol. The largest absolute Gasteiger partial charge is 0.496 e. The summed E-state index contributed by atoms with van der Waals surface area (Å²) in [7, 11) is 1.55. The zero-order chi connectivity index (χ0) is 8.27. The van der Waals surface area contributed by atoms with Crippen LogP contribution in [0.4, 0.5) is 0 Å². The van der Waals surface area contributed by atoms with Crippen LogP contribution in [-0.4, -0.2) is 10.9 Å². The number of halogens is 1. The van der Waals surface area contributed by atoms with Crippen LogP contribution in [0.5, 0.6) is 5.75 Å². The molecule has 0 amide bonds. The fourth-order valence-corrected chi connectivity index (χ4v) is 1.25. The maximum absolute atomic E-state index is 10.9. The van der Waals surface area contributed by atoms with E-state index in [1.54, 1.807) is 41.8 Å². The van der Waals surface area contributed by atoms with Gasteiger partial charge in [-0.15, -0.1) is 0 Å². The predicted octanol–water partition coefficient (Wildman–Crippen LogP) is 2.27. The SMILES string of the molecule is COc1ccccc1C(=O)I. The van der Waals surface area contributed by atoms with Crippen molar-refractivity contribution < 1.29 is 9.53 Å². The molecule has 2 nitrogen and oxygen atoms in total. The van der Waals surface area contributed by atoms with Gasteiger partial charge in [0.1, 0.15) is 5.75 Å². The van der Waals surface area contributed by atoms with Crippen LogP contribution in [-0.2, 0) is 0 Å². The molecule has 0 saturated heterocycles. The second-order valence-electron chi connectivity index (χ2n) is 1.97. The first-order valence-electron chi connectivity index (χ1n) is 3.08. The van der Waals surface area contributed by atoms with Gasteiger partial charge >= 0.3 is 0 Å². The third-order valence-corrected chi connectivity index (χ3v) is 1.90. The molecule has 0 aliphatic rings. The summed E-state index contributed by atoms with van der Waals surface area (Å²) in [6.07, 6.45) is 0. The molecule has 0 radical (unpaired) electrons. The Kier molecular flexibility index (Phi) is 2.87. The van der Waals surface area contributed by atoms with Crippen LogP contribution in [0.1, 0.15) is 10.4 Å². The molecule has 3 heteroatoms. The molecule has 0 bridgehead atoms.